The SMILES string of the molecule is COc1ccc(N(Cc2cccs2)S(=O)(=O)c2ccc(C(C)=O)cc2)cc1. The molecule has 1 heterocycles. The Morgan fingerprint density at radius 2 is 1.70 bits per heavy atom. The lowest BCUT2D eigenvalue weighted by atomic mass is 10.2. The van der Waals surface area contributed by atoms with Crippen LogP contribution in [-0.4, -0.2) is 21.3 Å². The van der Waals surface area contributed by atoms with Gasteiger partial charge in [0.1, 0.15) is 5.75 Å². The van der Waals surface area contributed by atoms with E-state index in [2.05, 4.69) is 0 Å². The molecule has 1 aromatic heterocycles. The van der Waals surface area contributed by atoms with E-state index in [1.54, 1.807) is 31.4 Å². The van der Waals surface area contributed by atoms with Crippen LogP contribution in [-0.2, 0) is 16.6 Å². The molecular weight excluding hydrogens is 382 g/mol. The summed E-state index contributed by atoms with van der Waals surface area (Å²) in [7, 11) is -2.24. The number of carbonyl (C=O) groups is 1. The maximum atomic E-state index is 13.3. The molecule has 0 aliphatic heterocycles. The fraction of sp³-hybridized carbons (Fsp3) is 0.150. The Balaban J connectivity index is 2.02. The van der Waals surface area contributed by atoms with E-state index in [9.17, 15) is 13.2 Å². The van der Waals surface area contributed by atoms with Crippen LogP contribution in [0.3, 0.4) is 0 Å². The molecule has 0 amide bonds. The van der Waals surface area contributed by atoms with Crippen molar-refractivity contribution < 1.29 is 17.9 Å². The highest BCUT2D eigenvalue weighted by atomic mass is 32.2. The second kappa shape index (κ2) is 7.94. The zero-order valence-corrected chi connectivity index (χ0v) is 16.6. The van der Waals surface area contributed by atoms with Gasteiger partial charge >= 0.3 is 0 Å². The Kier molecular flexibility index (Phi) is 5.62. The highest BCUT2D eigenvalue weighted by molar-refractivity contribution is 7.92. The zero-order valence-electron chi connectivity index (χ0n) is 15.0. The second-order valence-electron chi connectivity index (χ2n) is 5.87. The van der Waals surface area contributed by atoms with Crippen molar-refractivity contribution in [2.24, 2.45) is 0 Å². The van der Waals surface area contributed by atoms with Gasteiger partial charge in [0.2, 0.25) is 0 Å². The Bertz CT molecular complexity index is 1010. The maximum absolute atomic E-state index is 13.3. The molecule has 0 saturated heterocycles. The van der Waals surface area contributed by atoms with Crippen LogP contribution in [0.15, 0.2) is 70.9 Å². The van der Waals surface area contributed by atoms with E-state index in [0.717, 1.165) is 4.88 Å². The van der Waals surface area contributed by atoms with E-state index in [4.69, 9.17) is 4.74 Å². The van der Waals surface area contributed by atoms with E-state index in [0.29, 0.717) is 17.0 Å². The van der Waals surface area contributed by atoms with Crippen molar-refractivity contribution in [3.8, 4) is 5.75 Å². The Morgan fingerprint density at radius 1 is 1.04 bits per heavy atom. The molecule has 0 radical (unpaired) electrons. The first-order valence-electron chi connectivity index (χ1n) is 8.22. The number of ether oxygens (including phenoxy) is 1. The minimum atomic E-state index is -3.80. The van der Waals surface area contributed by atoms with Gasteiger partial charge in [-0.25, -0.2) is 8.42 Å². The number of hydrogen-bond acceptors (Lipinski definition) is 5. The molecule has 0 spiro atoms. The lowest BCUT2D eigenvalue weighted by Crippen LogP contribution is -2.30. The van der Waals surface area contributed by atoms with Crippen molar-refractivity contribution in [3.63, 3.8) is 0 Å². The van der Waals surface area contributed by atoms with E-state index >= 15 is 0 Å². The van der Waals surface area contributed by atoms with Crippen LogP contribution in [0.1, 0.15) is 22.2 Å². The minimum Gasteiger partial charge on any atom is -0.497 e. The highest BCUT2D eigenvalue weighted by Crippen LogP contribution is 2.29. The molecule has 3 rings (SSSR count). The van der Waals surface area contributed by atoms with Crippen molar-refractivity contribution >= 4 is 32.8 Å². The number of rotatable bonds is 7. The Morgan fingerprint density at radius 3 is 2.22 bits per heavy atom. The highest BCUT2D eigenvalue weighted by Gasteiger charge is 2.25. The van der Waals surface area contributed by atoms with Crippen LogP contribution in [0.2, 0.25) is 0 Å². The first-order valence-corrected chi connectivity index (χ1v) is 10.5. The average Bonchev–Trinajstić information content (AvgIpc) is 3.19. The number of ketones is 1. The molecule has 0 saturated carbocycles. The van der Waals surface area contributed by atoms with E-state index < -0.39 is 10.0 Å². The van der Waals surface area contributed by atoms with E-state index in [1.165, 1.54) is 46.8 Å². The quantitative estimate of drug-likeness (QED) is 0.552. The van der Waals surface area contributed by atoms with Crippen LogP contribution in [0.4, 0.5) is 5.69 Å². The molecule has 0 atom stereocenters. The van der Waals surface area contributed by atoms with Gasteiger partial charge in [-0.3, -0.25) is 9.10 Å². The van der Waals surface area contributed by atoms with Crippen molar-refractivity contribution in [2.45, 2.75) is 18.4 Å². The van der Waals surface area contributed by atoms with Crippen LogP contribution in [0, 0.1) is 0 Å². The molecule has 27 heavy (non-hydrogen) atoms. The molecule has 140 valence electrons. The van der Waals surface area contributed by atoms with Gasteiger partial charge in [-0.2, -0.15) is 0 Å². The standard InChI is InChI=1S/C20H19NO4S2/c1-15(22)16-5-11-20(12-6-16)27(23,24)21(14-19-4-3-13-26-19)17-7-9-18(25-2)10-8-17/h3-13H,14H2,1-2H3. The van der Waals surface area contributed by atoms with Crippen LogP contribution in [0.25, 0.3) is 0 Å². The van der Waals surface area contributed by atoms with Gasteiger partial charge in [0.15, 0.2) is 5.78 Å². The summed E-state index contributed by atoms with van der Waals surface area (Å²) >= 11 is 1.50. The molecule has 0 unspecified atom stereocenters. The normalized spacial score (nSPS) is 11.2. The summed E-state index contributed by atoms with van der Waals surface area (Å²) in [6.07, 6.45) is 0. The molecule has 0 N–H and O–H groups in total. The predicted octanol–water partition coefficient (Wildman–Crippen LogP) is 4.35. The van der Waals surface area contributed by atoms with Gasteiger partial charge in [0, 0.05) is 10.4 Å². The van der Waals surface area contributed by atoms with Crippen LogP contribution >= 0.6 is 11.3 Å². The number of anilines is 1. The van der Waals surface area contributed by atoms with Crippen LogP contribution < -0.4 is 9.04 Å². The van der Waals surface area contributed by atoms with Crippen molar-refractivity contribution in [3.05, 3.63) is 76.5 Å². The van der Waals surface area contributed by atoms with Gasteiger partial charge in [-0.05, 0) is 54.8 Å². The summed E-state index contributed by atoms with van der Waals surface area (Å²) in [5, 5.41) is 1.91. The van der Waals surface area contributed by atoms with Gasteiger partial charge in [0.05, 0.1) is 24.2 Å². The summed E-state index contributed by atoms with van der Waals surface area (Å²) in [6, 6.07) is 16.7. The fourth-order valence-corrected chi connectivity index (χ4v) is 4.81. The molecule has 5 nitrogen and oxygen atoms in total. The summed E-state index contributed by atoms with van der Waals surface area (Å²) in [4.78, 5) is 12.5. The van der Waals surface area contributed by atoms with E-state index in [1.807, 2.05) is 17.5 Å². The predicted molar refractivity (Wildman–Crippen MR) is 107 cm³/mol. The minimum absolute atomic E-state index is 0.107. The number of methoxy groups -OCH3 is 1. The summed E-state index contributed by atoms with van der Waals surface area (Å²) in [6.45, 7) is 1.67. The molecule has 7 heteroatoms. The summed E-state index contributed by atoms with van der Waals surface area (Å²) in [5.41, 5.74) is 1.02. The number of Topliss-reactive ketones (excluding diaryl/α,β-unsaturated/α-hetero) is 1. The largest absolute Gasteiger partial charge is 0.497 e. The fourth-order valence-electron chi connectivity index (χ4n) is 2.60. The third kappa shape index (κ3) is 4.20. The Hall–Kier alpha value is -2.64. The number of carbonyl (C=O) groups excluding carboxylic acids is 1. The molecule has 3 aromatic rings. The van der Waals surface area contributed by atoms with Gasteiger partial charge in [0.25, 0.3) is 10.0 Å². The first-order chi connectivity index (χ1) is 12.9. The summed E-state index contributed by atoms with van der Waals surface area (Å²) in [5.74, 6) is 0.544. The zero-order chi connectivity index (χ0) is 19.4. The van der Waals surface area contributed by atoms with Crippen molar-refractivity contribution in [2.75, 3.05) is 11.4 Å². The van der Waals surface area contributed by atoms with Crippen molar-refractivity contribution in [1.29, 1.82) is 0 Å². The van der Waals surface area contributed by atoms with Crippen molar-refractivity contribution in [1.82, 2.24) is 0 Å². The molecule has 0 bridgehead atoms. The van der Waals surface area contributed by atoms with Gasteiger partial charge < -0.3 is 4.74 Å². The second-order valence-corrected chi connectivity index (χ2v) is 8.76. The molecular formula is C20H19NO4S2. The molecule has 0 aliphatic rings. The monoisotopic (exact) mass is 401 g/mol. The lowest BCUT2D eigenvalue weighted by molar-refractivity contribution is 0.101. The maximum Gasteiger partial charge on any atom is 0.264 e. The third-order valence-corrected chi connectivity index (χ3v) is 6.74. The molecule has 0 aliphatic carbocycles. The topological polar surface area (TPSA) is 63.7 Å². The van der Waals surface area contributed by atoms with E-state index in [-0.39, 0.29) is 17.2 Å². The first kappa shape index (κ1) is 19.1. The Labute approximate surface area is 162 Å². The number of benzene rings is 2. The third-order valence-electron chi connectivity index (χ3n) is 4.09. The smallest absolute Gasteiger partial charge is 0.264 e. The average molecular weight is 402 g/mol. The number of hydrogen-bond donors (Lipinski definition) is 0. The number of thiophene rings is 1. The summed E-state index contributed by atoms with van der Waals surface area (Å²) < 4.78 is 33.1. The molecule has 2 aromatic carbocycles. The lowest BCUT2D eigenvalue weighted by Gasteiger charge is -2.24. The van der Waals surface area contributed by atoms with Gasteiger partial charge in [-0.1, -0.05) is 18.2 Å². The molecule has 0 fully saturated rings. The number of sulfonamides is 1. The van der Waals surface area contributed by atoms with Crippen LogP contribution in [0.5, 0.6) is 5.75 Å². The number of nitrogens with zero attached hydrogens (tertiary/aromatic N) is 1. The van der Waals surface area contributed by atoms with Gasteiger partial charge in [-0.15, -0.1) is 11.3 Å².